The topological polar surface area (TPSA) is 44.5 Å². The highest BCUT2D eigenvalue weighted by Crippen LogP contribution is 2.26. The van der Waals surface area contributed by atoms with E-state index in [0.29, 0.717) is 18.4 Å². The molecule has 0 bridgehead atoms. The van der Waals surface area contributed by atoms with Gasteiger partial charge in [0.2, 0.25) is 0 Å². The predicted octanol–water partition coefficient (Wildman–Crippen LogP) is 2.40. The molecule has 140 valence electrons. The molecule has 5 heteroatoms. The van der Waals surface area contributed by atoms with Crippen LogP contribution in [0.15, 0.2) is 43.0 Å². The van der Waals surface area contributed by atoms with E-state index in [9.17, 15) is 5.11 Å². The van der Waals surface area contributed by atoms with Gasteiger partial charge in [-0.2, -0.15) is 0 Å². The van der Waals surface area contributed by atoms with Crippen molar-refractivity contribution < 1.29 is 5.11 Å². The monoisotopic (exact) mass is 354 g/mol. The van der Waals surface area contributed by atoms with Crippen molar-refractivity contribution in [3.05, 3.63) is 48.5 Å². The van der Waals surface area contributed by atoms with Crippen LogP contribution in [-0.2, 0) is 6.54 Å². The molecule has 2 atom stereocenters. The summed E-state index contributed by atoms with van der Waals surface area (Å²) in [6.45, 7) is 7.03. The number of likely N-dealkylation sites (tertiary alicyclic amines) is 2. The normalized spacial score (nSPS) is 25.0. The number of nitrogens with zero attached hydrogens (tertiary/aromatic N) is 4. The molecule has 4 rings (SSSR count). The van der Waals surface area contributed by atoms with Crippen LogP contribution in [0.3, 0.4) is 0 Å². The van der Waals surface area contributed by atoms with Crippen LogP contribution in [0.1, 0.15) is 24.8 Å². The van der Waals surface area contributed by atoms with Crippen LogP contribution < -0.4 is 0 Å². The SMILES string of the molecule is OC[C@@H]1CN(Cc2ccc(-n3ccnc3)cc2)C[C@@H]1CN1CCCCC1. The highest BCUT2D eigenvalue weighted by Gasteiger charge is 2.33. The Hall–Kier alpha value is -1.69. The fraction of sp³-hybridized carbons (Fsp3) is 0.571. The highest BCUT2D eigenvalue weighted by molar-refractivity contribution is 5.34. The molecule has 1 N–H and O–H groups in total. The lowest BCUT2D eigenvalue weighted by atomic mass is 9.95. The molecule has 0 saturated carbocycles. The van der Waals surface area contributed by atoms with Crippen molar-refractivity contribution >= 4 is 0 Å². The Bertz CT molecular complexity index is 664. The van der Waals surface area contributed by atoms with E-state index in [1.54, 1.807) is 6.20 Å². The third-order valence-electron chi connectivity index (χ3n) is 5.97. The van der Waals surface area contributed by atoms with Gasteiger partial charge >= 0.3 is 0 Å². The molecule has 0 radical (unpaired) electrons. The summed E-state index contributed by atoms with van der Waals surface area (Å²) in [5.74, 6) is 1.02. The minimum atomic E-state index is 0.314. The first-order chi connectivity index (χ1) is 12.8. The molecule has 2 aliphatic heterocycles. The maximum absolute atomic E-state index is 9.84. The number of aromatic nitrogens is 2. The quantitative estimate of drug-likeness (QED) is 0.865. The number of aliphatic hydroxyl groups excluding tert-OH is 1. The Morgan fingerprint density at radius 3 is 2.42 bits per heavy atom. The first-order valence-electron chi connectivity index (χ1n) is 9.94. The van der Waals surface area contributed by atoms with E-state index >= 15 is 0 Å². The minimum Gasteiger partial charge on any atom is -0.396 e. The molecule has 1 aromatic heterocycles. The molecule has 2 aromatic rings. The molecule has 26 heavy (non-hydrogen) atoms. The summed E-state index contributed by atoms with van der Waals surface area (Å²) in [5, 5.41) is 9.84. The van der Waals surface area contributed by atoms with Gasteiger partial charge in [-0.15, -0.1) is 0 Å². The molecule has 0 spiro atoms. The van der Waals surface area contributed by atoms with E-state index in [0.717, 1.165) is 31.9 Å². The van der Waals surface area contributed by atoms with Crippen LogP contribution in [0.4, 0.5) is 0 Å². The Kier molecular flexibility index (Phi) is 5.68. The standard InChI is InChI=1S/C21H30N4O/c26-16-20-15-24(14-19(20)13-23-9-2-1-3-10-23)12-18-4-6-21(7-5-18)25-11-8-22-17-25/h4-8,11,17,19-20,26H,1-3,9-10,12-16H2/t19-,20-/m0/s1. The Balaban J connectivity index is 1.34. The Labute approximate surface area is 156 Å². The van der Waals surface area contributed by atoms with Crippen LogP contribution in [0.5, 0.6) is 0 Å². The van der Waals surface area contributed by atoms with E-state index < -0.39 is 0 Å². The number of benzene rings is 1. The van der Waals surface area contributed by atoms with E-state index in [2.05, 4.69) is 39.0 Å². The van der Waals surface area contributed by atoms with Gasteiger partial charge in [0, 0.05) is 50.9 Å². The van der Waals surface area contributed by atoms with Crippen molar-refractivity contribution in [2.45, 2.75) is 25.8 Å². The fourth-order valence-electron chi connectivity index (χ4n) is 4.50. The van der Waals surface area contributed by atoms with Gasteiger partial charge in [0.15, 0.2) is 0 Å². The second-order valence-electron chi connectivity index (χ2n) is 7.89. The zero-order valence-corrected chi connectivity index (χ0v) is 15.5. The van der Waals surface area contributed by atoms with Crippen molar-refractivity contribution in [1.82, 2.24) is 19.4 Å². The number of aliphatic hydroxyl groups is 1. The van der Waals surface area contributed by atoms with E-state index in [-0.39, 0.29) is 0 Å². The summed E-state index contributed by atoms with van der Waals surface area (Å²) in [5.41, 5.74) is 2.48. The third-order valence-corrected chi connectivity index (χ3v) is 5.97. The molecule has 0 unspecified atom stereocenters. The summed E-state index contributed by atoms with van der Waals surface area (Å²) >= 11 is 0. The van der Waals surface area contributed by atoms with Gasteiger partial charge in [0.05, 0.1) is 6.33 Å². The predicted molar refractivity (Wildman–Crippen MR) is 103 cm³/mol. The van der Waals surface area contributed by atoms with Gasteiger partial charge in [-0.1, -0.05) is 18.6 Å². The maximum Gasteiger partial charge on any atom is 0.0991 e. The molecule has 0 amide bonds. The molecular formula is C21H30N4O. The smallest absolute Gasteiger partial charge is 0.0991 e. The van der Waals surface area contributed by atoms with Crippen LogP contribution in [0, 0.1) is 11.8 Å². The van der Waals surface area contributed by atoms with E-state index in [4.69, 9.17) is 0 Å². The summed E-state index contributed by atoms with van der Waals surface area (Å²) < 4.78 is 2.02. The van der Waals surface area contributed by atoms with Gasteiger partial charge in [0.25, 0.3) is 0 Å². The molecule has 2 saturated heterocycles. The van der Waals surface area contributed by atoms with Gasteiger partial charge in [-0.05, 0) is 55.5 Å². The number of imidazole rings is 1. The van der Waals surface area contributed by atoms with E-state index in [1.807, 2.05) is 17.1 Å². The van der Waals surface area contributed by atoms with Gasteiger partial charge in [-0.25, -0.2) is 4.98 Å². The summed E-state index contributed by atoms with van der Waals surface area (Å²) in [6, 6.07) is 8.73. The maximum atomic E-state index is 9.84. The van der Waals surface area contributed by atoms with Crippen molar-refractivity contribution in [2.75, 3.05) is 39.3 Å². The Morgan fingerprint density at radius 2 is 1.73 bits per heavy atom. The molecule has 3 heterocycles. The summed E-state index contributed by atoms with van der Waals surface area (Å²) in [7, 11) is 0. The van der Waals surface area contributed by atoms with Crippen LogP contribution >= 0.6 is 0 Å². The van der Waals surface area contributed by atoms with Crippen molar-refractivity contribution in [1.29, 1.82) is 0 Å². The average Bonchev–Trinajstić information content (AvgIpc) is 3.33. The molecule has 2 aliphatic rings. The largest absolute Gasteiger partial charge is 0.396 e. The van der Waals surface area contributed by atoms with Gasteiger partial charge < -0.3 is 14.6 Å². The second kappa shape index (κ2) is 8.33. The van der Waals surface area contributed by atoms with Crippen LogP contribution in [0.2, 0.25) is 0 Å². The lowest BCUT2D eigenvalue weighted by Gasteiger charge is -2.30. The van der Waals surface area contributed by atoms with Crippen LogP contribution in [-0.4, -0.2) is 63.8 Å². The van der Waals surface area contributed by atoms with Crippen molar-refractivity contribution in [3.8, 4) is 5.69 Å². The summed E-state index contributed by atoms with van der Waals surface area (Å²) in [6.07, 6.45) is 9.65. The highest BCUT2D eigenvalue weighted by atomic mass is 16.3. The first-order valence-corrected chi connectivity index (χ1v) is 9.94. The number of hydrogen-bond acceptors (Lipinski definition) is 4. The molecule has 0 aliphatic carbocycles. The molecule has 1 aromatic carbocycles. The van der Waals surface area contributed by atoms with Crippen LogP contribution in [0.25, 0.3) is 5.69 Å². The van der Waals surface area contributed by atoms with Gasteiger partial charge in [-0.3, -0.25) is 4.90 Å². The minimum absolute atomic E-state index is 0.314. The Morgan fingerprint density at radius 1 is 0.962 bits per heavy atom. The van der Waals surface area contributed by atoms with Crippen molar-refractivity contribution in [3.63, 3.8) is 0 Å². The zero-order chi connectivity index (χ0) is 17.8. The van der Waals surface area contributed by atoms with E-state index in [1.165, 1.54) is 37.9 Å². The number of hydrogen-bond donors (Lipinski definition) is 1. The van der Waals surface area contributed by atoms with Gasteiger partial charge in [0.1, 0.15) is 0 Å². The lowest BCUT2D eigenvalue weighted by molar-refractivity contribution is 0.149. The molecular weight excluding hydrogens is 324 g/mol. The number of piperidine rings is 1. The fourth-order valence-corrected chi connectivity index (χ4v) is 4.50. The second-order valence-corrected chi connectivity index (χ2v) is 7.89. The number of rotatable bonds is 6. The average molecular weight is 354 g/mol. The van der Waals surface area contributed by atoms with Crippen molar-refractivity contribution in [2.24, 2.45) is 11.8 Å². The summed E-state index contributed by atoms with van der Waals surface area (Å²) in [4.78, 5) is 9.23. The molecule has 5 nitrogen and oxygen atoms in total. The lowest BCUT2D eigenvalue weighted by Crippen LogP contribution is -2.37. The molecule has 2 fully saturated rings. The first kappa shape index (κ1) is 17.7. The zero-order valence-electron chi connectivity index (χ0n) is 15.5. The third kappa shape index (κ3) is 4.17.